The van der Waals surface area contributed by atoms with Gasteiger partial charge in [0.25, 0.3) is 10.0 Å². The average Bonchev–Trinajstić information content (AvgIpc) is 3.00. The Bertz CT molecular complexity index is 1020. The molecule has 142 valence electrons. The van der Waals surface area contributed by atoms with Crippen LogP contribution in [0.3, 0.4) is 0 Å². The molecule has 2 aromatic carbocycles. The van der Waals surface area contributed by atoms with Crippen LogP contribution in [0.2, 0.25) is 0 Å². The summed E-state index contributed by atoms with van der Waals surface area (Å²) in [6.07, 6.45) is 1.01. The molecule has 1 aromatic heterocycles. The molecule has 0 radical (unpaired) electrons. The van der Waals surface area contributed by atoms with E-state index in [0.717, 1.165) is 29.0 Å². The van der Waals surface area contributed by atoms with Gasteiger partial charge in [-0.2, -0.15) is 0 Å². The minimum absolute atomic E-state index is 0.239. The third-order valence-electron chi connectivity index (χ3n) is 4.76. The summed E-state index contributed by atoms with van der Waals surface area (Å²) >= 11 is 0. The van der Waals surface area contributed by atoms with Gasteiger partial charge in [-0.1, -0.05) is 32.0 Å². The molecule has 0 aliphatic heterocycles. The molecule has 0 saturated heterocycles. The smallest absolute Gasteiger partial charge is 0.261 e. The molecule has 0 aliphatic rings. The highest BCUT2D eigenvalue weighted by molar-refractivity contribution is 7.92. The zero-order valence-electron chi connectivity index (χ0n) is 16.0. The zero-order chi connectivity index (χ0) is 19.6. The third kappa shape index (κ3) is 4.22. The number of nitrogens with one attached hydrogen (secondary N) is 1. The Morgan fingerprint density at radius 1 is 1.11 bits per heavy atom. The maximum atomic E-state index is 12.7. The van der Waals surface area contributed by atoms with Crippen molar-refractivity contribution in [3.05, 3.63) is 65.5 Å². The van der Waals surface area contributed by atoms with E-state index >= 15 is 0 Å². The largest absolute Gasteiger partial charge is 0.441 e. The van der Waals surface area contributed by atoms with E-state index in [-0.39, 0.29) is 4.90 Å². The van der Waals surface area contributed by atoms with E-state index < -0.39 is 10.0 Å². The summed E-state index contributed by atoms with van der Waals surface area (Å²) in [5, 5.41) is 0. The van der Waals surface area contributed by atoms with Gasteiger partial charge in [0.1, 0.15) is 5.76 Å². The number of sulfonamides is 1. The number of aryl methyl sites for hydroxylation is 2. The molecular formula is C21H24N2O3S. The predicted molar refractivity (Wildman–Crippen MR) is 107 cm³/mol. The van der Waals surface area contributed by atoms with Crippen LogP contribution in [0.15, 0.2) is 57.8 Å². The SMILES string of the molecule is CCC(C)c1ccc(S(=O)(=O)Nc2cccc(-c3nc(C)c(C)o3)c2)cc1. The van der Waals surface area contributed by atoms with Crippen LogP contribution in [0.1, 0.15) is 43.2 Å². The van der Waals surface area contributed by atoms with Gasteiger partial charge in [-0.15, -0.1) is 0 Å². The molecule has 27 heavy (non-hydrogen) atoms. The number of hydrogen-bond donors (Lipinski definition) is 1. The Morgan fingerprint density at radius 3 is 2.41 bits per heavy atom. The maximum Gasteiger partial charge on any atom is 0.261 e. The molecule has 0 bridgehead atoms. The van der Waals surface area contributed by atoms with Gasteiger partial charge in [-0.25, -0.2) is 13.4 Å². The molecule has 3 aromatic rings. The molecule has 5 nitrogen and oxygen atoms in total. The van der Waals surface area contributed by atoms with Crippen molar-refractivity contribution in [3.8, 4) is 11.5 Å². The van der Waals surface area contributed by atoms with Gasteiger partial charge >= 0.3 is 0 Å². The number of hydrogen-bond acceptors (Lipinski definition) is 4. The van der Waals surface area contributed by atoms with Crippen molar-refractivity contribution < 1.29 is 12.8 Å². The first-order chi connectivity index (χ1) is 12.8. The first kappa shape index (κ1) is 19.2. The fourth-order valence-electron chi connectivity index (χ4n) is 2.74. The fraction of sp³-hybridized carbons (Fsp3) is 0.286. The molecule has 0 amide bonds. The molecule has 1 N–H and O–H groups in total. The van der Waals surface area contributed by atoms with Crippen molar-refractivity contribution in [2.75, 3.05) is 4.72 Å². The summed E-state index contributed by atoms with van der Waals surface area (Å²) in [5.74, 6) is 1.63. The van der Waals surface area contributed by atoms with E-state index in [0.29, 0.717) is 17.5 Å². The zero-order valence-corrected chi connectivity index (χ0v) is 16.8. The van der Waals surface area contributed by atoms with Crippen LogP contribution in [0.5, 0.6) is 0 Å². The van der Waals surface area contributed by atoms with Crippen LogP contribution in [0.4, 0.5) is 5.69 Å². The number of benzene rings is 2. The monoisotopic (exact) mass is 384 g/mol. The van der Waals surface area contributed by atoms with Crippen molar-refractivity contribution in [1.29, 1.82) is 0 Å². The lowest BCUT2D eigenvalue weighted by atomic mass is 9.99. The van der Waals surface area contributed by atoms with Crippen LogP contribution in [-0.4, -0.2) is 13.4 Å². The highest BCUT2D eigenvalue weighted by Crippen LogP contribution is 2.26. The number of nitrogens with zero attached hydrogens (tertiary/aromatic N) is 1. The lowest BCUT2D eigenvalue weighted by Crippen LogP contribution is -2.13. The van der Waals surface area contributed by atoms with Crippen LogP contribution in [0, 0.1) is 13.8 Å². The molecule has 0 fully saturated rings. The Balaban J connectivity index is 1.84. The van der Waals surface area contributed by atoms with Gasteiger partial charge in [0.15, 0.2) is 0 Å². The van der Waals surface area contributed by atoms with E-state index in [1.807, 2.05) is 32.0 Å². The van der Waals surface area contributed by atoms with Crippen LogP contribution in [0.25, 0.3) is 11.5 Å². The second kappa shape index (κ2) is 7.56. The van der Waals surface area contributed by atoms with E-state index in [2.05, 4.69) is 23.6 Å². The summed E-state index contributed by atoms with van der Waals surface area (Å²) < 4.78 is 33.7. The normalized spacial score (nSPS) is 12.7. The van der Waals surface area contributed by atoms with Crippen molar-refractivity contribution in [1.82, 2.24) is 4.98 Å². The summed E-state index contributed by atoms with van der Waals surface area (Å²) in [6.45, 7) is 7.96. The molecule has 1 heterocycles. The standard InChI is InChI=1S/C21H24N2O3S/c1-5-14(2)17-9-11-20(12-10-17)27(24,25)23-19-8-6-7-18(13-19)21-22-15(3)16(4)26-21/h6-14,23H,5H2,1-4H3. The fourth-order valence-corrected chi connectivity index (χ4v) is 3.79. The van der Waals surface area contributed by atoms with Crippen molar-refractivity contribution >= 4 is 15.7 Å². The van der Waals surface area contributed by atoms with Gasteiger partial charge < -0.3 is 4.42 Å². The van der Waals surface area contributed by atoms with E-state index in [1.165, 1.54) is 0 Å². The minimum atomic E-state index is -3.67. The molecule has 1 unspecified atom stereocenters. The quantitative estimate of drug-likeness (QED) is 0.628. The molecule has 6 heteroatoms. The maximum absolute atomic E-state index is 12.7. The average molecular weight is 385 g/mol. The van der Waals surface area contributed by atoms with E-state index in [4.69, 9.17) is 4.42 Å². The summed E-state index contributed by atoms with van der Waals surface area (Å²) in [5.41, 5.74) is 3.14. The lowest BCUT2D eigenvalue weighted by Gasteiger charge is -2.12. The van der Waals surface area contributed by atoms with Crippen molar-refractivity contribution in [2.24, 2.45) is 0 Å². The van der Waals surface area contributed by atoms with Crippen LogP contribution >= 0.6 is 0 Å². The van der Waals surface area contributed by atoms with Crippen molar-refractivity contribution in [3.63, 3.8) is 0 Å². The first-order valence-electron chi connectivity index (χ1n) is 8.97. The van der Waals surface area contributed by atoms with Crippen LogP contribution in [-0.2, 0) is 10.0 Å². The number of rotatable bonds is 6. The Labute approximate surface area is 160 Å². The van der Waals surface area contributed by atoms with Gasteiger partial charge in [0, 0.05) is 11.3 Å². The second-order valence-electron chi connectivity index (χ2n) is 6.73. The minimum Gasteiger partial charge on any atom is -0.441 e. The summed E-state index contributed by atoms with van der Waals surface area (Å²) in [4.78, 5) is 4.61. The van der Waals surface area contributed by atoms with Gasteiger partial charge in [-0.05, 0) is 62.1 Å². The lowest BCUT2D eigenvalue weighted by molar-refractivity contribution is 0.541. The Hall–Kier alpha value is -2.60. The highest BCUT2D eigenvalue weighted by Gasteiger charge is 2.16. The number of aromatic nitrogens is 1. The molecular weight excluding hydrogens is 360 g/mol. The van der Waals surface area contributed by atoms with Gasteiger partial charge in [0.05, 0.1) is 10.6 Å². The highest BCUT2D eigenvalue weighted by atomic mass is 32.2. The van der Waals surface area contributed by atoms with E-state index in [9.17, 15) is 8.42 Å². The Kier molecular flexibility index (Phi) is 5.37. The molecule has 0 aliphatic carbocycles. The second-order valence-corrected chi connectivity index (χ2v) is 8.41. The first-order valence-corrected chi connectivity index (χ1v) is 10.5. The Morgan fingerprint density at radius 2 is 1.81 bits per heavy atom. The molecule has 0 spiro atoms. The molecule has 1 atom stereocenters. The number of anilines is 1. The van der Waals surface area contributed by atoms with E-state index in [1.54, 1.807) is 30.3 Å². The molecule has 3 rings (SSSR count). The third-order valence-corrected chi connectivity index (χ3v) is 6.16. The molecule has 0 saturated carbocycles. The summed E-state index contributed by atoms with van der Waals surface area (Å²) in [6, 6.07) is 14.1. The topological polar surface area (TPSA) is 72.2 Å². The predicted octanol–water partition coefficient (Wildman–Crippen LogP) is 5.27. The van der Waals surface area contributed by atoms with Crippen molar-refractivity contribution in [2.45, 2.75) is 44.9 Å². The van der Waals surface area contributed by atoms with Crippen LogP contribution < -0.4 is 4.72 Å². The van der Waals surface area contributed by atoms with Gasteiger partial charge in [0.2, 0.25) is 5.89 Å². The van der Waals surface area contributed by atoms with Gasteiger partial charge in [-0.3, -0.25) is 4.72 Å². The summed E-state index contributed by atoms with van der Waals surface area (Å²) in [7, 11) is -3.67. The number of oxazole rings is 1.